The molecule has 1 nitrogen and oxygen atoms in total. The quantitative estimate of drug-likeness (QED) is 0.537. The number of halogens is 6. The SMILES string of the molecule is CC(C)(C)c1cc(F)c(Oc2ccc(Cl)c(C(F)(F)F)c2)c(F)c1. The van der Waals surface area contributed by atoms with Gasteiger partial charge >= 0.3 is 6.18 Å². The molecule has 24 heavy (non-hydrogen) atoms. The van der Waals surface area contributed by atoms with E-state index in [1.165, 1.54) is 0 Å². The van der Waals surface area contributed by atoms with Crippen molar-refractivity contribution >= 4 is 11.6 Å². The van der Waals surface area contributed by atoms with E-state index in [0.717, 1.165) is 24.3 Å². The fourth-order valence-electron chi connectivity index (χ4n) is 1.99. The van der Waals surface area contributed by atoms with E-state index in [1.807, 2.05) is 0 Å². The first kappa shape index (κ1) is 18.5. The highest BCUT2D eigenvalue weighted by molar-refractivity contribution is 6.31. The van der Waals surface area contributed by atoms with Crippen LogP contribution in [-0.2, 0) is 11.6 Å². The Hall–Kier alpha value is -1.82. The lowest BCUT2D eigenvalue weighted by Gasteiger charge is -2.20. The van der Waals surface area contributed by atoms with Gasteiger partial charge in [0.05, 0.1) is 10.6 Å². The second kappa shape index (κ2) is 6.24. The molecule has 0 aliphatic rings. The van der Waals surface area contributed by atoms with E-state index >= 15 is 0 Å². The zero-order valence-corrected chi connectivity index (χ0v) is 13.8. The molecule has 0 atom stereocenters. The number of ether oxygens (including phenoxy) is 1. The number of alkyl halides is 3. The third-order valence-corrected chi connectivity index (χ3v) is 3.66. The summed E-state index contributed by atoms with van der Waals surface area (Å²) in [6.45, 7) is 5.32. The van der Waals surface area contributed by atoms with Gasteiger partial charge in [-0.15, -0.1) is 0 Å². The molecule has 0 amide bonds. The maximum absolute atomic E-state index is 14.1. The molecule has 0 saturated carbocycles. The Bertz CT molecular complexity index is 740. The highest BCUT2D eigenvalue weighted by Crippen LogP contribution is 2.39. The van der Waals surface area contributed by atoms with E-state index in [-0.39, 0.29) is 5.75 Å². The van der Waals surface area contributed by atoms with Gasteiger partial charge in [0.1, 0.15) is 5.75 Å². The van der Waals surface area contributed by atoms with Crippen molar-refractivity contribution < 1.29 is 26.7 Å². The third kappa shape index (κ3) is 3.98. The van der Waals surface area contributed by atoms with Crippen LogP contribution in [0.4, 0.5) is 22.0 Å². The number of hydrogen-bond acceptors (Lipinski definition) is 1. The van der Waals surface area contributed by atoms with Crippen LogP contribution >= 0.6 is 11.6 Å². The molecule has 0 fully saturated rings. The van der Waals surface area contributed by atoms with Crippen molar-refractivity contribution in [3.63, 3.8) is 0 Å². The van der Waals surface area contributed by atoms with Gasteiger partial charge in [0.2, 0.25) is 0 Å². The molecule has 2 rings (SSSR count). The van der Waals surface area contributed by atoms with E-state index in [2.05, 4.69) is 0 Å². The van der Waals surface area contributed by atoms with E-state index < -0.39 is 39.6 Å². The van der Waals surface area contributed by atoms with E-state index in [0.29, 0.717) is 11.6 Å². The van der Waals surface area contributed by atoms with Gasteiger partial charge in [-0.3, -0.25) is 0 Å². The van der Waals surface area contributed by atoms with Crippen LogP contribution in [0.5, 0.6) is 11.5 Å². The molecule has 2 aromatic carbocycles. The largest absolute Gasteiger partial charge is 0.451 e. The molecule has 130 valence electrons. The van der Waals surface area contributed by atoms with E-state index in [4.69, 9.17) is 16.3 Å². The lowest BCUT2D eigenvalue weighted by molar-refractivity contribution is -0.137. The van der Waals surface area contributed by atoms with Gasteiger partial charge in [-0.25, -0.2) is 8.78 Å². The minimum Gasteiger partial charge on any atom is -0.451 e. The monoisotopic (exact) mass is 364 g/mol. The summed E-state index contributed by atoms with van der Waals surface area (Å²) in [6, 6.07) is 4.85. The summed E-state index contributed by atoms with van der Waals surface area (Å²) < 4.78 is 71.7. The Morgan fingerprint density at radius 3 is 1.92 bits per heavy atom. The van der Waals surface area contributed by atoms with E-state index in [9.17, 15) is 22.0 Å². The van der Waals surface area contributed by atoms with Crippen molar-refractivity contribution in [2.75, 3.05) is 0 Å². The molecular formula is C17H14ClF5O. The van der Waals surface area contributed by atoms with Crippen LogP contribution < -0.4 is 4.74 Å². The molecule has 0 N–H and O–H groups in total. The van der Waals surface area contributed by atoms with Crippen LogP contribution in [0, 0.1) is 11.6 Å². The van der Waals surface area contributed by atoms with Crippen LogP contribution in [-0.4, -0.2) is 0 Å². The summed E-state index contributed by atoms with van der Waals surface area (Å²) in [6.07, 6.45) is -4.70. The van der Waals surface area contributed by atoms with Gasteiger partial charge in [0.15, 0.2) is 17.4 Å². The first-order valence-electron chi connectivity index (χ1n) is 6.93. The van der Waals surface area contributed by atoms with Crippen LogP contribution in [0.25, 0.3) is 0 Å². The Labute approximate surface area is 141 Å². The van der Waals surface area contributed by atoms with Gasteiger partial charge in [-0.2, -0.15) is 13.2 Å². The summed E-state index contributed by atoms with van der Waals surface area (Å²) in [5.41, 5.74) is -1.24. The molecule has 0 aliphatic heterocycles. The molecule has 0 aliphatic carbocycles. The molecule has 2 aromatic rings. The van der Waals surface area contributed by atoms with Gasteiger partial charge in [-0.1, -0.05) is 32.4 Å². The maximum Gasteiger partial charge on any atom is 0.417 e. The average molecular weight is 365 g/mol. The van der Waals surface area contributed by atoms with E-state index in [1.54, 1.807) is 20.8 Å². The van der Waals surface area contributed by atoms with Crippen LogP contribution in [0.1, 0.15) is 31.9 Å². The summed E-state index contributed by atoms with van der Waals surface area (Å²) in [5, 5.41) is -0.529. The molecular weight excluding hydrogens is 351 g/mol. The topological polar surface area (TPSA) is 9.23 Å². The molecule has 0 bridgehead atoms. The maximum atomic E-state index is 14.1. The molecule has 0 radical (unpaired) electrons. The number of benzene rings is 2. The molecule has 0 saturated heterocycles. The smallest absolute Gasteiger partial charge is 0.417 e. The summed E-state index contributed by atoms with van der Waals surface area (Å²) in [5.74, 6) is -3.13. The number of rotatable bonds is 2. The minimum absolute atomic E-state index is 0.368. The van der Waals surface area contributed by atoms with Gasteiger partial charge in [0.25, 0.3) is 0 Å². The van der Waals surface area contributed by atoms with Gasteiger partial charge < -0.3 is 4.74 Å². The lowest BCUT2D eigenvalue weighted by atomic mass is 9.87. The van der Waals surface area contributed by atoms with Gasteiger partial charge in [0, 0.05) is 0 Å². The highest BCUT2D eigenvalue weighted by Gasteiger charge is 2.33. The van der Waals surface area contributed by atoms with Crippen LogP contribution in [0.15, 0.2) is 30.3 Å². The standard InChI is InChI=1S/C17H14ClF5O/c1-16(2,3)9-6-13(19)15(14(20)7-9)24-10-4-5-12(18)11(8-10)17(21,22)23/h4-8H,1-3H3. The highest BCUT2D eigenvalue weighted by atomic mass is 35.5. The second-order valence-electron chi connectivity index (χ2n) is 6.26. The Balaban J connectivity index is 2.43. The predicted octanol–water partition coefficient (Wildman–Crippen LogP) is 6.73. The van der Waals surface area contributed by atoms with Crippen molar-refractivity contribution in [1.29, 1.82) is 0 Å². The van der Waals surface area contributed by atoms with Crippen LogP contribution in [0.3, 0.4) is 0 Å². The number of hydrogen-bond donors (Lipinski definition) is 0. The Kier molecular flexibility index (Phi) is 4.81. The summed E-state index contributed by atoms with van der Waals surface area (Å²) in [4.78, 5) is 0. The normalized spacial score (nSPS) is 12.4. The molecule has 0 spiro atoms. The molecule has 0 heterocycles. The van der Waals surface area contributed by atoms with Crippen molar-refractivity contribution in [1.82, 2.24) is 0 Å². The molecule has 7 heteroatoms. The zero-order valence-electron chi connectivity index (χ0n) is 13.1. The summed E-state index contributed by atoms with van der Waals surface area (Å²) >= 11 is 5.49. The van der Waals surface area contributed by atoms with Crippen molar-refractivity contribution in [3.8, 4) is 11.5 Å². The van der Waals surface area contributed by atoms with Crippen molar-refractivity contribution in [2.24, 2.45) is 0 Å². The minimum atomic E-state index is -4.70. The molecule has 0 unspecified atom stereocenters. The fraction of sp³-hybridized carbons (Fsp3) is 0.294. The Morgan fingerprint density at radius 1 is 0.917 bits per heavy atom. The first-order chi connectivity index (χ1) is 10.9. The first-order valence-corrected chi connectivity index (χ1v) is 7.31. The average Bonchev–Trinajstić information content (AvgIpc) is 2.42. The van der Waals surface area contributed by atoms with Gasteiger partial charge in [-0.05, 0) is 41.3 Å². The zero-order chi connectivity index (χ0) is 18.3. The van der Waals surface area contributed by atoms with Crippen LogP contribution in [0.2, 0.25) is 5.02 Å². The summed E-state index contributed by atoms with van der Waals surface area (Å²) in [7, 11) is 0. The third-order valence-electron chi connectivity index (χ3n) is 3.33. The predicted molar refractivity (Wildman–Crippen MR) is 81.6 cm³/mol. The van der Waals surface area contributed by atoms with Crippen molar-refractivity contribution in [3.05, 3.63) is 58.1 Å². The lowest BCUT2D eigenvalue weighted by Crippen LogP contribution is -2.12. The fourth-order valence-corrected chi connectivity index (χ4v) is 2.22. The second-order valence-corrected chi connectivity index (χ2v) is 6.67. The van der Waals surface area contributed by atoms with Crippen molar-refractivity contribution in [2.45, 2.75) is 32.4 Å². The Morgan fingerprint density at radius 2 is 1.46 bits per heavy atom. The molecule has 0 aromatic heterocycles.